The minimum Gasteiger partial charge on any atom is -0.368 e. The third kappa shape index (κ3) is 3.48. The molecule has 0 N–H and O–H groups in total. The predicted molar refractivity (Wildman–Crippen MR) is 87.7 cm³/mol. The Morgan fingerprint density at radius 1 is 1.33 bits per heavy atom. The topological polar surface area (TPSA) is 84.3 Å². The molecular formula is C16H20N6O2. The molecule has 1 unspecified atom stereocenters. The normalized spacial score (nSPS) is 17.6. The van der Waals surface area contributed by atoms with E-state index < -0.39 is 0 Å². The van der Waals surface area contributed by atoms with Crippen molar-refractivity contribution >= 4 is 11.7 Å². The molecule has 0 saturated carbocycles. The van der Waals surface area contributed by atoms with E-state index in [2.05, 4.69) is 19.9 Å². The van der Waals surface area contributed by atoms with Crippen molar-refractivity contribution in [2.24, 2.45) is 0 Å². The number of carbonyl (C=O) groups is 1. The lowest BCUT2D eigenvalue weighted by Gasteiger charge is -2.32. The molecule has 1 atom stereocenters. The van der Waals surface area contributed by atoms with Crippen molar-refractivity contribution in [1.29, 1.82) is 0 Å². The first-order chi connectivity index (χ1) is 11.5. The minimum atomic E-state index is -0.278. The number of hydrogen-bond donors (Lipinski definition) is 0. The molecule has 126 valence electrons. The monoisotopic (exact) mass is 328 g/mol. The largest absolute Gasteiger partial charge is 0.368 e. The standard InChI is InChI=1S/C16H20N6O2/c1-11-19-12(8-15(20-11)21(2)3)14-10-22(6-7-24-14)16(23)13-9-17-4-5-18-13/h4-5,8-9,14H,6-7,10H2,1-3H3. The highest BCUT2D eigenvalue weighted by atomic mass is 16.5. The first-order valence-electron chi connectivity index (χ1n) is 7.74. The zero-order valence-electron chi connectivity index (χ0n) is 14.0. The molecule has 0 aromatic carbocycles. The summed E-state index contributed by atoms with van der Waals surface area (Å²) in [7, 11) is 3.86. The Balaban J connectivity index is 1.80. The first kappa shape index (κ1) is 16.3. The van der Waals surface area contributed by atoms with Crippen molar-refractivity contribution in [2.75, 3.05) is 38.7 Å². The third-order valence-electron chi connectivity index (χ3n) is 3.77. The van der Waals surface area contributed by atoms with Crippen LogP contribution < -0.4 is 4.90 Å². The van der Waals surface area contributed by atoms with Gasteiger partial charge in [-0.25, -0.2) is 15.0 Å². The van der Waals surface area contributed by atoms with Gasteiger partial charge in [-0.05, 0) is 6.92 Å². The van der Waals surface area contributed by atoms with Crippen LogP contribution in [0.4, 0.5) is 5.82 Å². The van der Waals surface area contributed by atoms with Crippen LogP contribution in [0.3, 0.4) is 0 Å². The average Bonchev–Trinajstić information content (AvgIpc) is 2.61. The number of nitrogens with zero attached hydrogens (tertiary/aromatic N) is 6. The lowest BCUT2D eigenvalue weighted by molar-refractivity contribution is -0.0250. The second-order valence-electron chi connectivity index (χ2n) is 5.79. The van der Waals surface area contributed by atoms with Gasteiger partial charge in [0.25, 0.3) is 5.91 Å². The molecule has 8 heteroatoms. The third-order valence-corrected chi connectivity index (χ3v) is 3.77. The number of rotatable bonds is 3. The average molecular weight is 328 g/mol. The van der Waals surface area contributed by atoms with Crippen molar-refractivity contribution in [2.45, 2.75) is 13.0 Å². The molecule has 1 amide bonds. The minimum absolute atomic E-state index is 0.144. The Labute approximate surface area is 140 Å². The molecule has 1 saturated heterocycles. The predicted octanol–water partition coefficient (Wildman–Crippen LogP) is 0.855. The van der Waals surface area contributed by atoms with Gasteiger partial charge in [-0.15, -0.1) is 0 Å². The van der Waals surface area contributed by atoms with E-state index >= 15 is 0 Å². The van der Waals surface area contributed by atoms with Crippen LogP contribution in [0.2, 0.25) is 0 Å². The Hall–Kier alpha value is -2.61. The molecular weight excluding hydrogens is 308 g/mol. The van der Waals surface area contributed by atoms with Gasteiger partial charge in [0.15, 0.2) is 0 Å². The second-order valence-corrected chi connectivity index (χ2v) is 5.79. The molecule has 24 heavy (non-hydrogen) atoms. The van der Waals surface area contributed by atoms with Crippen molar-refractivity contribution in [1.82, 2.24) is 24.8 Å². The lowest BCUT2D eigenvalue weighted by atomic mass is 10.2. The molecule has 0 spiro atoms. The summed E-state index contributed by atoms with van der Waals surface area (Å²) in [6, 6.07) is 1.90. The summed E-state index contributed by atoms with van der Waals surface area (Å²) in [4.78, 5) is 33.1. The van der Waals surface area contributed by atoms with Crippen LogP contribution in [-0.2, 0) is 4.74 Å². The van der Waals surface area contributed by atoms with Crippen LogP contribution in [0.5, 0.6) is 0 Å². The van der Waals surface area contributed by atoms with E-state index in [0.29, 0.717) is 31.2 Å². The van der Waals surface area contributed by atoms with Crippen LogP contribution in [-0.4, -0.2) is 64.5 Å². The molecule has 1 aliphatic heterocycles. The zero-order valence-corrected chi connectivity index (χ0v) is 14.0. The van der Waals surface area contributed by atoms with Gasteiger partial charge in [-0.1, -0.05) is 0 Å². The lowest BCUT2D eigenvalue weighted by Crippen LogP contribution is -2.42. The first-order valence-corrected chi connectivity index (χ1v) is 7.74. The van der Waals surface area contributed by atoms with Crippen molar-refractivity contribution in [3.05, 3.63) is 41.9 Å². The van der Waals surface area contributed by atoms with Gasteiger partial charge in [0, 0.05) is 39.1 Å². The van der Waals surface area contributed by atoms with Crippen molar-refractivity contribution in [3.8, 4) is 0 Å². The van der Waals surface area contributed by atoms with E-state index in [1.54, 1.807) is 11.1 Å². The van der Waals surface area contributed by atoms with E-state index in [0.717, 1.165) is 11.5 Å². The van der Waals surface area contributed by atoms with Crippen LogP contribution >= 0.6 is 0 Å². The van der Waals surface area contributed by atoms with E-state index in [4.69, 9.17) is 4.74 Å². The molecule has 8 nitrogen and oxygen atoms in total. The fourth-order valence-electron chi connectivity index (χ4n) is 2.55. The number of hydrogen-bond acceptors (Lipinski definition) is 7. The summed E-state index contributed by atoms with van der Waals surface area (Å²) in [5.41, 5.74) is 1.12. The fourth-order valence-corrected chi connectivity index (χ4v) is 2.55. The summed E-state index contributed by atoms with van der Waals surface area (Å²) in [5, 5.41) is 0. The molecule has 2 aromatic heterocycles. The smallest absolute Gasteiger partial charge is 0.274 e. The van der Waals surface area contributed by atoms with Gasteiger partial charge >= 0.3 is 0 Å². The molecule has 3 rings (SSSR count). The number of morpholine rings is 1. The molecule has 0 aliphatic carbocycles. The number of amides is 1. The van der Waals surface area contributed by atoms with E-state index in [-0.39, 0.29) is 12.0 Å². The van der Waals surface area contributed by atoms with Crippen LogP contribution in [0.15, 0.2) is 24.7 Å². The maximum absolute atomic E-state index is 12.5. The Kier molecular flexibility index (Phi) is 4.66. The summed E-state index contributed by atoms with van der Waals surface area (Å²) in [6.45, 7) is 3.26. The van der Waals surface area contributed by atoms with Gasteiger partial charge < -0.3 is 14.5 Å². The van der Waals surface area contributed by atoms with Gasteiger partial charge in [0.05, 0.1) is 25.0 Å². The zero-order chi connectivity index (χ0) is 17.1. The maximum Gasteiger partial charge on any atom is 0.274 e. The summed E-state index contributed by atoms with van der Waals surface area (Å²) < 4.78 is 5.83. The Morgan fingerprint density at radius 3 is 2.88 bits per heavy atom. The quantitative estimate of drug-likeness (QED) is 0.826. The molecule has 3 heterocycles. The Bertz CT molecular complexity index is 722. The summed E-state index contributed by atoms with van der Waals surface area (Å²) in [5.74, 6) is 1.35. The molecule has 0 bridgehead atoms. The van der Waals surface area contributed by atoms with E-state index in [1.807, 2.05) is 32.0 Å². The second kappa shape index (κ2) is 6.88. The number of aromatic nitrogens is 4. The van der Waals surface area contributed by atoms with Crippen molar-refractivity contribution in [3.63, 3.8) is 0 Å². The van der Waals surface area contributed by atoms with Crippen molar-refractivity contribution < 1.29 is 9.53 Å². The Morgan fingerprint density at radius 2 is 2.17 bits per heavy atom. The highest BCUT2D eigenvalue weighted by Gasteiger charge is 2.28. The SMILES string of the molecule is Cc1nc(C2CN(C(=O)c3cnccn3)CCO2)cc(N(C)C)n1. The van der Waals surface area contributed by atoms with Gasteiger partial charge in [-0.2, -0.15) is 0 Å². The van der Waals surface area contributed by atoms with Gasteiger partial charge in [0.1, 0.15) is 23.4 Å². The van der Waals surface area contributed by atoms with Crippen LogP contribution in [0, 0.1) is 6.92 Å². The molecule has 2 aromatic rings. The maximum atomic E-state index is 12.5. The molecule has 1 fully saturated rings. The molecule has 0 radical (unpaired) electrons. The van der Waals surface area contributed by atoms with E-state index in [1.165, 1.54) is 12.4 Å². The number of ether oxygens (including phenoxy) is 1. The van der Waals surface area contributed by atoms with Crippen LogP contribution in [0.25, 0.3) is 0 Å². The van der Waals surface area contributed by atoms with Crippen LogP contribution in [0.1, 0.15) is 28.1 Å². The van der Waals surface area contributed by atoms with E-state index in [9.17, 15) is 4.79 Å². The highest BCUT2D eigenvalue weighted by molar-refractivity contribution is 5.92. The summed E-state index contributed by atoms with van der Waals surface area (Å²) >= 11 is 0. The number of carbonyl (C=O) groups excluding carboxylic acids is 1. The van der Waals surface area contributed by atoms with Gasteiger partial charge in [-0.3, -0.25) is 9.78 Å². The van der Waals surface area contributed by atoms with Gasteiger partial charge in [0.2, 0.25) is 0 Å². The fraction of sp³-hybridized carbons (Fsp3) is 0.438. The number of anilines is 1. The molecule has 1 aliphatic rings. The summed E-state index contributed by atoms with van der Waals surface area (Å²) in [6.07, 6.45) is 4.26. The highest BCUT2D eigenvalue weighted by Crippen LogP contribution is 2.24. The number of aryl methyl sites for hydroxylation is 1.